The van der Waals surface area contributed by atoms with Crippen molar-refractivity contribution < 1.29 is 9.59 Å². The number of hydrogen-bond acceptors (Lipinski definition) is 3. The van der Waals surface area contributed by atoms with Crippen LogP contribution in [0.15, 0.2) is 12.5 Å². The van der Waals surface area contributed by atoms with Crippen molar-refractivity contribution in [3.8, 4) is 0 Å². The molecule has 142 valence electrons. The first-order valence-corrected chi connectivity index (χ1v) is 10.1. The number of nitrogens with zero attached hydrogens (tertiary/aromatic N) is 3. The van der Waals surface area contributed by atoms with Crippen molar-refractivity contribution in [1.82, 2.24) is 19.8 Å². The molecule has 0 aromatic carbocycles. The highest BCUT2D eigenvalue weighted by Crippen LogP contribution is 2.49. The fraction of sp³-hybridized carbons (Fsp3) is 0.750. The molecule has 2 aliphatic carbocycles. The molecule has 1 aromatic rings. The lowest BCUT2D eigenvalue weighted by atomic mass is 9.66. The van der Waals surface area contributed by atoms with E-state index < -0.39 is 0 Å². The van der Waals surface area contributed by atoms with Crippen LogP contribution in [-0.4, -0.2) is 45.4 Å². The van der Waals surface area contributed by atoms with E-state index in [0.29, 0.717) is 24.1 Å². The van der Waals surface area contributed by atoms with Crippen molar-refractivity contribution in [2.75, 3.05) is 13.1 Å². The molecule has 1 unspecified atom stereocenters. The molecule has 2 saturated carbocycles. The first-order chi connectivity index (χ1) is 12.6. The number of amides is 2. The summed E-state index contributed by atoms with van der Waals surface area (Å²) in [5, 5.41) is 3.10. The Labute approximate surface area is 155 Å². The van der Waals surface area contributed by atoms with E-state index in [1.165, 1.54) is 32.1 Å². The summed E-state index contributed by atoms with van der Waals surface area (Å²) in [5.74, 6) is 0.708. The van der Waals surface area contributed by atoms with Crippen molar-refractivity contribution >= 4 is 11.8 Å². The Balaban J connectivity index is 1.44. The Morgan fingerprint density at radius 3 is 2.69 bits per heavy atom. The molecule has 26 heavy (non-hydrogen) atoms. The minimum Gasteiger partial charge on any atom is -0.353 e. The molecule has 0 bridgehead atoms. The minimum absolute atomic E-state index is 0.0832. The lowest BCUT2D eigenvalue weighted by molar-refractivity contribution is -0.121. The van der Waals surface area contributed by atoms with Gasteiger partial charge in [-0.2, -0.15) is 0 Å². The first kappa shape index (κ1) is 17.6. The number of imidazole rings is 1. The average molecular weight is 358 g/mol. The highest BCUT2D eigenvalue weighted by atomic mass is 16.2. The second-order valence-electron chi connectivity index (χ2n) is 8.58. The molecule has 2 heterocycles. The van der Waals surface area contributed by atoms with Gasteiger partial charge >= 0.3 is 0 Å². The molecular weight excluding hydrogens is 328 g/mol. The third kappa shape index (κ3) is 3.51. The summed E-state index contributed by atoms with van der Waals surface area (Å²) in [7, 11) is 1.87. The molecule has 1 N–H and O–H groups in total. The summed E-state index contributed by atoms with van der Waals surface area (Å²) < 4.78 is 1.80. The number of rotatable bonds is 5. The van der Waals surface area contributed by atoms with Gasteiger partial charge in [0.15, 0.2) is 0 Å². The van der Waals surface area contributed by atoms with Gasteiger partial charge in [0.25, 0.3) is 5.91 Å². The summed E-state index contributed by atoms with van der Waals surface area (Å²) in [4.78, 5) is 31.3. The third-order valence-electron chi connectivity index (χ3n) is 6.65. The normalized spacial score (nSPS) is 24.8. The van der Waals surface area contributed by atoms with E-state index in [1.807, 2.05) is 11.9 Å². The standard InChI is InChI=1S/C20H30N4O2/c1-23-14-21-11-17(23)19(26)24-12-15(5-8-18(25)22-16-6-7-16)20(13-24)9-3-2-4-10-20/h11,14-16H,2-10,12-13H2,1H3,(H,22,25). The second kappa shape index (κ2) is 7.05. The number of carbonyl (C=O) groups is 2. The Morgan fingerprint density at radius 2 is 2.04 bits per heavy atom. The monoisotopic (exact) mass is 358 g/mol. The van der Waals surface area contributed by atoms with Crippen LogP contribution in [0.5, 0.6) is 0 Å². The average Bonchev–Trinajstić information content (AvgIpc) is 3.23. The topological polar surface area (TPSA) is 67.2 Å². The second-order valence-corrected chi connectivity index (χ2v) is 8.58. The highest BCUT2D eigenvalue weighted by molar-refractivity contribution is 5.92. The maximum atomic E-state index is 13.0. The quantitative estimate of drug-likeness (QED) is 0.879. The Kier molecular flexibility index (Phi) is 4.76. The van der Waals surface area contributed by atoms with Crippen LogP contribution >= 0.6 is 0 Å². The molecular formula is C20H30N4O2. The van der Waals surface area contributed by atoms with Crippen molar-refractivity contribution in [1.29, 1.82) is 0 Å². The van der Waals surface area contributed by atoms with Crippen molar-refractivity contribution in [3.63, 3.8) is 0 Å². The molecule has 2 amide bonds. The van der Waals surface area contributed by atoms with Gasteiger partial charge in [0.05, 0.1) is 12.5 Å². The van der Waals surface area contributed by atoms with Gasteiger partial charge in [-0.3, -0.25) is 9.59 Å². The number of hydrogen-bond donors (Lipinski definition) is 1. The van der Waals surface area contributed by atoms with Gasteiger partial charge in [-0.25, -0.2) is 4.98 Å². The Bertz CT molecular complexity index is 673. The zero-order valence-electron chi connectivity index (χ0n) is 15.7. The van der Waals surface area contributed by atoms with Gasteiger partial charge in [-0.05, 0) is 43.4 Å². The molecule has 1 aliphatic heterocycles. The van der Waals surface area contributed by atoms with E-state index in [-0.39, 0.29) is 17.2 Å². The maximum absolute atomic E-state index is 13.0. The predicted octanol–water partition coefficient (Wildman–Crippen LogP) is 2.50. The highest BCUT2D eigenvalue weighted by Gasteiger charge is 2.48. The van der Waals surface area contributed by atoms with E-state index in [9.17, 15) is 9.59 Å². The summed E-state index contributed by atoms with van der Waals surface area (Å²) >= 11 is 0. The third-order valence-corrected chi connectivity index (χ3v) is 6.65. The zero-order valence-corrected chi connectivity index (χ0v) is 15.7. The molecule has 1 spiro atoms. The summed E-state index contributed by atoms with van der Waals surface area (Å²) in [6.07, 6.45) is 13.3. The molecule has 6 heteroatoms. The number of nitrogens with one attached hydrogen (secondary N) is 1. The molecule has 6 nitrogen and oxygen atoms in total. The van der Waals surface area contributed by atoms with Crippen LogP contribution in [0, 0.1) is 11.3 Å². The number of aryl methyl sites for hydroxylation is 1. The fourth-order valence-corrected chi connectivity index (χ4v) is 4.97. The summed E-state index contributed by atoms with van der Waals surface area (Å²) in [6, 6.07) is 0.428. The molecule has 4 rings (SSSR count). The van der Waals surface area contributed by atoms with Gasteiger partial charge < -0.3 is 14.8 Å². The van der Waals surface area contributed by atoms with Crippen molar-refractivity contribution in [2.45, 2.75) is 63.8 Å². The maximum Gasteiger partial charge on any atom is 0.272 e. The zero-order chi connectivity index (χ0) is 18.1. The smallest absolute Gasteiger partial charge is 0.272 e. The van der Waals surface area contributed by atoms with Crippen LogP contribution in [0.3, 0.4) is 0 Å². The van der Waals surface area contributed by atoms with E-state index in [2.05, 4.69) is 10.3 Å². The Morgan fingerprint density at radius 1 is 1.27 bits per heavy atom. The van der Waals surface area contributed by atoms with Crippen LogP contribution < -0.4 is 5.32 Å². The summed E-state index contributed by atoms with van der Waals surface area (Å²) in [5.41, 5.74) is 0.870. The van der Waals surface area contributed by atoms with Crippen LogP contribution in [0.2, 0.25) is 0 Å². The van der Waals surface area contributed by atoms with Gasteiger partial charge in [-0.15, -0.1) is 0 Å². The van der Waals surface area contributed by atoms with Crippen LogP contribution in [0.4, 0.5) is 0 Å². The molecule has 1 atom stereocenters. The van der Waals surface area contributed by atoms with E-state index in [0.717, 1.165) is 32.4 Å². The summed E-state index contributed by atoms with van der Waals surface area (Å²) in [6.45, 7) is 1.62. The predicted molar refractivity (Wildman–Crippen MR) is 98.5 cm³/mol. The number of likely N-dealkylation sites (tertiary alicyclic amines) is 1. The number of aromatic nitrogens is 2. The van der Waals surface area contributed by atoms with Crippen LogP contribution in [-0.2, 0) is 11.8 Å². The molecule has 1 saturated heterocycles. The van der Waals surface area contributed by atoms with E-state index >= 15 is 0 Å². The van der Waals surface area contributed by atoms with Gasteiger partial charge in [0, 0.05) is 32.6 Å². The van der Waals surface area contributed by atoms with Crippen LogP contribution in [0.1, 0.15) is 68.3 Å². The lowest BCUT2D eigenvalue weighted by Crippen LogP contribution is -2.35. The van der Waals surface area contributed by atoms with Crippen molar-refractivity contribution in [2.24, 2.45) is 18.4 Å². The van der Waals surface area contributed by atoms with Gasteiger partial charge in [0.1, 0.15) is 5.69 Å². The fourth-order valence-electron chi connectivity index (χ4n) is 4.97. The molecule has 3 fully saturated rings. The minimum atomic E-state index is 0.0832. The first-order valence-electron chi connectivity index (χ1n) is 10.1. The molecule has 1 aromatic heterocycles. The van der Waals surface area contributed by atoms with Gasteiger partial charge in [0.2, 0.25) is 5.91 Å². The van der Waals surface area contributed by atoms with E-state index in [1.54, 1.807) is 17.1 Å². The number of carbonyl (C=O) groups excluding carboxylic acids is 2. The lowest BCUT2D eigenvalue weighted by Gasteiger charge is -2.38. The molecule has 3 aliphatic rings. The Hall–Kier alpha value is -1.85. The van der Waals surface area contributed by atoms with E-state index in [4.69, 9.17) is 0 Å². The van der Waals surface area contributed by atoms with Crippen LogP contribution in [0.25, 0.3) is 0 Å². The SMILES string of the molecule is Cn1cncc1C(=O)N1CC(CCC(=O)NC2CC2)C2(CCCCC2)C1. The van der Waals surface area contributed by atoms with Crippen molar-refractivity contribution in [3.05, 3.63) is 18.2 Å². The molecule has 0 radical (unpaired) electrons. The van der Waals surface area contributed by atoms with Gasteiger partial charge in [-0.1, -0.05) is 19.3 Å². The largest absolute Gasteiger partial charge is 0.353 e.